The Kier molecular flexibility index (Phi) is 12.4. The van der Waals surface area contributed by atoms with Gasteiger partial charge in [-0.05, 0) is 149 Å². The summed E-state index contributed by atoms with van der Waals surface area (Å²) in [5.41, 5.74) is 15.8. The van der Waals surface area contributed by atoms with Gasteiger partial charge in [0.2, 0.25) is 0 Å². The van der Waals surface area contributed by atoms with Crippen molar-refractivity contribution >= 4 is 110 Å². The van der Waals surface area contributed by atoms with E-state index < -0.39 is 0 Å². The van der Waals surface area contributed by atoms with Crippen LogP contribution in [0.4, 0.5) is 34.1 Å². The molecular weight excluding hydrogens is 961 g/mol. The molecule has 12 aromatic rings. The van der Waals surface area contributed by atoms with E-state index in [1.807, 2.05) is 0 Å². The maximum atomic E-state index is 7.32. The highest BCUT2D eigenvalue weighted by Gasteiger charge is 2.31. The topological polar surface area (TPSA) is 32.8 Å². The van der Waals surface area contributed by atoms with Crippen LogP contribution in [0.5, 0.6) is 0 Å². The highest BCUT2D eigenvalue weighted by atomic mass is 16.3. The minimum absolute atomic E-state index is 0.00493. The molecule has 2 aliphatic carbocycles. The van der Waals surface area contributed by atoms with Gasteiger partial charge < -0.3 is 18.6 Å². The average Bonchev–Trinajstić information content (AvgIpc) is 4.33. The number of para-hydroxylation sites is 4. The van der Waals surface area contributed by atoms with Crippen molar-refractivity contribution < 1.29 is 8.83 Å². The molecule has 2 aliphatic rings. The summed E-state index contributed by atoms with van der Waals surface area (Å²) in [5, 5.41) is 12.0. The first-order valence-electron chi connectivity index (χ1n) is 30.1. The average molecular weight is 1040 g/mol. The third-order valence-electron chi connectivity index (χ3n) is 19.9. The third-order valence-corrected chi connectivity index (χ3v) is 19.9. The summed E-state index contributed by atoms with van der Waals surface area (Å²) >= 11 is 0. The van der Waals surface area contributed by atoms with Gasteiger partial charge in [0.15, 0.2) is 11.2 Å². The molecule has 0 saturated heterocycles. The number of anilines is 6. The Morgan fingerprint density at radius 2 is 0.759 bits per heavy atom. The van der Waals surface area contributed by atoms with Gasteiger partial charge in [0, 0.05) is 54.8 Å². The Hall–Kier alpha value is -7.56. The van der Waals surface area contributed by atoms with Crippen molar-refractivity contribution in [2.24, 2.45) is 0 Å². The van der Waals surface area contributed by atoms with E-state index in [-0.39, 0.29) is 10.8 Å². The fraction of sp³-hybridized carbons (Fsp3) is 0.307. The Balaban J connectivity index is 0.994. The Morgan fingerprint density at radius 3 is 1.19 bits per heavy atom. The van der Waals surface area contributed by atoms with Crippen molar-refractivity contribution in [3.63, 3.8) is 0 Å². The fourth-order valence-corrected chi connectivity index (χ4v) is 14.4. The number of furan rings is 2. The lowest BCUT2D eigenvalue weighted by molar-refractivity contribution is 0.436. The van der Waals surface area contributed by atoms with Crippen molar-refractivity contribution in [1.82, 2.24) is 0 Å². The highest BCUT2D eigenvalue weighted by molar-refractivity contribution is 6.29. The monoisotopic (exact) mass is 1030 g/mol. The molecule has 0 spiro atoms. The number of hydrogen-bond donors (Lipinski definition) is 0. The smallest absolute Gasteiger partial charge is 0.159 e. The summed E-state index contributed by atoms with van der Waals surface area (Å²) in [4.78, 5) is 4.99. The normalized spacial score (nSPS) is 15.3. The van der Waals surface area contributed by atoms with Crippen LogP contribution < -0.4 is 9.80 Å². The Labute approximate surface area is 466 Å². The summed E-state index contributed by atoms with van der Waals surface area (Å²) in [6.45, 7) is 14.0. The van der Waals surface area contributed by atoms with Gasteiger partial charge in [-0.3, -0.25) is 0 Å². The molecule has 0 radical (unpaired) electrons. The van der Waals surface area contributed by atoms with E-state index >= 15 is 0 Å². The van der Waals surface area contributed by atoms with Crippen molar-refractivity contribution in [2.45, 2.75) is 148 Å². The molecule has 10 aromatic carbocycles. The lowest BCUT2D eigenvalue weighted by Crippen LogP contribution is -2.19. The van der Waals surface area contributed by atoms with Gasteiger partial charge in [0.1, 0.15) is 11.2 Å². The second-order valence-electron chi connectivity index (χ2n) is 24.5. The molecule has 4 nitrogen and oxygen atoms in total. The maximum absolute atomic E-state index is 7.32. The number of hydrogen-bond acceptors (Lipinski definition) is 4. The molecular formula is C75H74N2O2. The summed E-state index contributed by atoms with van der Waals surface area (Å²) in [6, 6.07) is 65.0. The molecule has 2 fully saturated rings. The first kappa shape index (κ1) is 49.7. The molecule has 0 N–H and O–H groups in total. The van der Waals surface area contributed by atoms with E-state index in [0.29, 0.717) is 11.8 Å². The van der Waals surface area contributed by atoms with Crippen LogP contribution in [0.25, 0.3) is 76.2 Å². The molecule has 0 unspecified atom stereocenters. The number of fused-ring (bicyclic) bond motifs is 6. The SMILES string of the molecule is CCC(C)(C)c1cccc2c1oc1c(N(c3ccc(C4CCCCC4)cc3)c3ccc4ccc5c(N(c6ccc(C7CCCCC7)cc6)c6cccc7c6oc6c(C(C)(CC)CC)cccc67)ccc6ccc3c4c65)cccc12. The van der Waals surface area contributed by atoms with Crippen LogP contribution in [-0.4, -0.2) is 0 Å². The molecule has 2 aromatic heterocycles. The largest absolute Gasteiger partial charge is 0.454 e. The summed E-state index contributed by atoms with van der Waals surface area (Å²) < 4.78 is 14.6. The molecule has 0 amide bonds. The Bertz CT molecular complexity index is 4210. The second-order valence-corrected chi connectivity index (χ2v) is 24.5. The molecule has 79 heavy (non-hydrogen) atoms. The van der Waals surface area contributed by atoms with Gasteiger partial charge in [0.05, 0.1) is 22.7 Å². The van der Waals surface area contributed by atoms with Crippen LogP contribution in [0.1, 0.15) is 159 Å². The zero-order chi connectivity index (χ0) is 53.6. The molecule has 0 aliphatic heterocycles. The molecule has 396 valence electrons. The molecule has 4 heteroatoms. The fourth-order valence-electron chi connectivity index (χ4n) is 14.4. The van der Waals surface area contributed by atoms with Gasteiger partial charge in [-0.25, -0.2) is 0 Å². The minimum atomic E-state index is -0.0470. The van der Waals surface area contributed by atoms with Crippen molar-refractivity contribution in [1.29, 1.82) is 0 Å². The third kappa shape index (κ3) is 8.13. The van der Waals surface area contributed by atoms with E-state index in [1.165, 1.54) is 130 Å². The predicted octanol–water partition coefficient (Wildman–Crippen LogP) is 23.2. The quantitative estimate of drug-likeness (QED) is 0.108. The molecule has 2 saturated carbocycles. The van der Waals surface area contributed by atoms with Crippen LogP contribution in [0.15, 0.2) is 179 Å². The van der Waals surface area contributed by atoms with Crippen molar-refractivity contribution in [2.75, 3.05) is 9.80 Å². The molecule has 14 rings (SSSR count). The van der Waals surface area contributed by atoms with E-state index in [0.717, 1.165) is 86.5 Å². The second kappa shape index (κ2) is 19.7. The standard InChI is InChI=1S/C75H74N2O2/c1-7-74(4,5)62-28-16-24-56-58-26-18-30-66(72(58)78-70(56)62)76(54-40-32-50(33-41-54)48-20-12-10-13-21-48)64-46-38-52-37-45-61-65(47-39-53-36-44-60(64)68(52)69(53)61)77(55-42-34-51(35-43-55)49-22-14-11-15-23-49)67-31-19-27-59-57-25-17-29-63(71(57)79-73(59)67)75(6,8-2)9-3/h16-19,24-49H,7-15,20-23H2,1-6H3. The van der Waals surface area contributed by atoms with Gasteiger partial charge in [-0.2, -0.15) is 0 Å². The van der Waals surface area contributed by atoms with Gasteiger partial charge in [-0.15, -0.1) is 0 Å². The van der Waals surface area contributed by atoms with Crippen LogP contribution >= 0.6 is 0 Å². The Morgan fingerprint density at radius 1 is 0.367 bits per heavy atom. The number of benzene rings is 10. The summed E-state index contributed by atoms with van der Waals surface area (Å²) in [7, 11) is 0. The number of rotatable bonds is 13. The van der Waals surface area contributed by atoms with E-state index in [2.05, 4.69) is 221 Å². The van der Waals surface area contributed by atoms with E-state index in [9.17, 15) is 0 Å². The minimum Gasteiger partial charge on any atom is -0.454 e. The first-order valence-corrected chi connectivity index (χ1v) is 30.1. The summed E-state index contributed by atoms with van der Waals surface area (Å²) in [5.74, 6) is 1.23. The van der Waals surface area contributed by atoms with E-state index in [1.54, 1.807) is 0 Å². The van der Waals surface area contributed by atoms with Crippen molar-refractivity contribution in [3.05, 3.63) is 192 Å². The van der Waals surface area contributed by atoms with Gasteiger partial charge in [0.25, 0.3) is 0 Å². The van der Waals surface area contributed by atoms with Crippen LogP contribution in [0, 0.1) is 0 Å². The molecule has 2 heterocycles. The summed E-state index contributed by atoms with van der Waals surface area (Å²) in [6.07, 6.45) is 16.1. The molecule has 0 atom stereocenters. The predicted molar refractivity (Wildman–Crippen MR) is 337 cm³/mol. The van der Waals surface area contributed by atoms with Crippen LogP contribution in [-0.2, 0) is 10.8 Å². The first-order chi connectivity index (χ1) is 38.7. The lowest BCUT2D eigenvalue weighted by atomic mass is 9.77. The van der Waals surface area contributed by atoms with Crippen LogP contribution in [0.2, 0.25) is 0 Å². The van der Waals surface area contributed by atoms with E-state index in [4.69, 9.17) is 8.83 Å². The zero-order valence-corrected chi connectivity index (χ0v) is 47.2. The molecule has 0 bridgehead atoms. The van der Waals surface area contributed by atoms with Gasteiger partial charge in [-0.1, -0.05) is 201 Å². The van der Waals surface area contributed by atoms with Crippen LogP contribution in [0.3, 0.4) is 0 Å². The highest BCUT2D eigenvalue weighted by Crippen LogP contribution is 2.52. The zero-order valence-electron chi connectivity index (χ0n) is 47.2. The number of nitrogens with zero attached hydrogens (tertiary/aromatic N) is 2. The van der Waals surface area contributed by atoms with Crippen molar-refractivity contribution in [3.8, 4) is 0 Å². The lowest BCUT2D eigenvalue weighted by Gasteiger charge is -2.30. The maximum Gasteiger partial charge on any atom is 0.159 e. The van der Waals surface area contributed by atoms with Gasteiger partial charge >= 0.3 is 0 Å².